The van der Waals surface area contributed by atoms with Crippen LogP contribution in [0.4, 0.5) is 0 Å². The lowest BCUT2D eigenvalue weighted by molar-refractivity contribution is -0.159. The van der Waals surface area contributed by atoms with Crippen molar-refractivity contribution in [3.63, 3.8) is 0 Å². The fourth-order valence-electron chi connectivity index (χ4n) is 1.37. The van der Waals surface area contributed by atoms with Gasteiger partial charge in [-0.25, -0.2) is 4.79 Å². The Morgan fingerprint density at radius 2 is 1.62 bits per heavy atom. The van der Waals surface area contributed by atoms with Gasteiger partial charge >= 0.3 is 11.9 Å². The minimum absolute atomic E-state index is 0.0103. The van der Waals surface area contributed by atoms with Crippen LogP contribution in [0.2, 0.25) is 0 Å². The predicted molar refractivity (Wildman–Crippen MR) is 54.9 cm³/mol. The Hall–Kier alpha value is -1.88. The summed E-state index contributed by atoms with van der Waals surface area (Å²) in [5.41, 5.74) is 0.676. The molecule has 0 bridgehead atoms. The van der Waals surface area contributed by atoms with E-state index in [9.17, 15) is 14.7 Å². The van der Waals surface area contributed by atoms with E-state index in [1.54, 1.807) is 30.3 Å². The second-order valence-corrected chi connectivity index (χ2v) is 3.42. The largest absolute Gasteiger partial charge is 0.481 e. The van der Waals surface area contributed by atoms with Crippen LogP contribution in [-0.4, -0.2) is 33.4 Å². The van der Waals surface area contributed by atoms with Crippen molar-refractivity contribution >= 4 is 11.9 Å². The van der Waals surface area contributed by atoms with Gasteiger partial charge in [0.1, 0.15) is 0 Å². The maximum atomic E-state index is 10.8. The zero-order chi connectivity index (χ0) is 12.1. The Morgan fingerprint density at radius 3 is 2.06 bits per heavy atom. The quantitative estimate of drug-likeness (QED) is 0.671. The summed E-state index contributed by atoms with van der Waals surface area (Å²) in [4.78, 5) is 21.3. The molecule has 0 radical (unpaired) electrons. The highest BCUT2D eigenvalue weighted by Crippen LogP contribution is 2.13. The molecular formula is C11H12O5. The molecule has 0 aliphatic rings. The molecule has 16 heavy (non-hydrogen) atoms. The minimum Gasteiger partial charge on any atom is -0.481 e. The second-order valence-electron chi connectivity index (χ2n) is 3.42. The topological polar surface area (TPSA) is 94.8 Å². The van der Waals surface area contributed by atoms with Gasteiger partial charge in [-0.15, -0.1) is 0 Å². The summed E-state index contributed by atoms with van der Waals surface area (Å²) in [5, 5.41) is 26.6. The fraction of sp³-hybridized carbons (Fsp3) is 0.273. The third kappa shape index (κ3) is 3.06. The molecule has 5 nitrogen and oxygen atoms in total. The summed E-state index contributed by atoms with van der Waals surface area (Å²) < 4.78 is 0. The van der Waals surface area contributed by atoms with Crippen LogP contribution in [0.25, 0.3) is 0 Å². The molecule has 0 aliphatic heterocycles. The van der Waals surface area contributed by atoms with Gasteiger partial charge in [-0.3, -0.25) is 4.79 Å². The van der Waals surface area contributed by atoms with Gasteiger partial charge in [-0.2, -0.15) is 0 Å². The van der Waals surface area contributed by atoms with Crippen molar-refractivity contribution in [3.05, 3.63) is 35.9 Å². The molecule has 3 N–H and O–H groups in total. The van der Waals surface area contributed by atoms with Gasteiger partial charge in [0.05, 0.1) is 5.92 Å². The summed E-state index contributed by atoms with van der Waals surface area (Å²) in [6.45, 7) is 0. The predicted octanol–water partition coefficient (Wildman–Crippen LogP) is 0.375. The lowest BCUT2D eigenvalue weighted by Gasteiger charge is -2.15. The van der Waals surface area contributed by atoms with E-state index in [0.29, 0.717) is 5.56 Å². The summed E-state index contributed by atoms with van der Waals surface area (Å²) in [6, 6.07) is 8.59. The number of carbonyl (C=O) groups is 2. The number of carboxylic acids is 2. The van der Waals surface area contributed by atoms with E-state index in [1.807, 2.05) is 0 Å². The molecule has 0 saturated heterocycles. The third-order valence-electron chi connectivity index (χ3n) is 2.25. The molecule has 1 aromatic carbocycles. The number of carboxylic acid groups (broad SMARTS) is 2. The van der Waals surface area contributed by atoms with Crippen LogP contribution in [0.3, 0.4) is 0 Å². The number of hydrogen-bond donors (Lipinski definition) is 3. The van der Waals surface area contributed by atoms with E-state index in [2.05, 4.69) is 0 Å². The Labute approximate surface area is 92.0 Å². The Balaban J connectivity index is 2.81. The van der Waals surface area contributed by atoms with Gasteiger partial charge in [0.25, 0.3) is 0 Å². The molecule has 0 aromatic heterocycles. The highest BCUT2D eigenvalue weighted by Gasteiger charge is 2.31. The normalized spacial score (nSPS) is 14.1. The summed E-state index contributed by atoms with van der Waals surface area (Å²) in [5.74, 6) is -4.18. The van der Waals surface area contributed by atoms with Crippen LogP contribution in [0.15, 0.2) is 30.3 Å². The molecule has 0 aliphatic carbocycles. The summed E-state index contributed by atoms with van der Waals surface area (Å²) >= 11 is 0. The van der Waals surface area contributed by atoms with Crippen LogP contribution in [-0.2, 0) is 16.0 Å². The van der Waals surface area contributed by atoms with Gasteiger partial charge < -0.3 is 15.3 Å². The SMILES string of the molecule is O=C(O)[C@@H](Cc1ccccc1)[C@@H](O)C(=O)O. The van der Waals surface area contributed by atoms with E-state index in [4.69, 9.17) is 10.2 Å². The first-order valence-corrected chi connectivity index (χ1v) is 4.70. The number of hydrogen-bond acceptors (Lipinski definition) is 3. The van der Waals surface area contributed by atoms with E-state index >= 15 is 0 Å². The minimum atomic E-state index is -1.89. The Kier molecular flexibility index (Phi) is 4.02. The molecule has 0 saturated carbocycles. The van der Waals surface area contributed by atoms with Crippen molar-refractivity contribution in [2.24, 2.45) is 5.92 Å². The van der Waals surface area contributed by atoms with E-state index in [-0.39, 0.29) is 6.42 Å². The molecule has 0 spiro atoms. The molecule has 0 heterocycles. The lowest BCUT2D eigenvalue weighted by Crippen LogP contribution is -2.36. The Morgan fingerprint density at radius 1 is 1.06 bits per heavy atom. The molecule has 0 fully saturated rings. The number of benzene rings is 1. The molecule has 86 valence electrons. The van der Waals surface area contributed by atoms with Gasteiger partial charge in [0.2, 0.25) is 0 Å². The molecule has 2 atom stereocenters. The number of rotatable bonds is 5. The number of aliphatic hydroxyl groups is 1. The zero-order valence-electron chi connectivity index (χ0n) is 8.41. The average molecular weight is 224 g/mol. The molecule has 5 heteroatoms. The first kappa shape index (κ1) is 12.2. The summed E-state index contributed by atoms with van der Waals surface area (Å²) in [6.07, 6.45) is -1.90. The van der Waals surface area contributed by atoms with Crippen molar-refractivity contribution < 1.29 is 24.9 Å². The molecule has 1 rings (SSSR count). The van der Waals surface area contributed by atoms with E-state index in [0.717, 1.165) is 0 Å². The van der Waals surface area contributed by atoms with Crippen LogP contribution >= 0.6 is 0 Å². The Bertz CT molecular complexity index is 373. The van der Waals surface area contributed by atoms with E-state index < -0.39 is 24.0 Å². The van der Waals surface area contributed by atoms with Crippen molar-refractivity contribution in [2.75, 3.05) is 0 Å². The van der Waals surface area contributed by atoms with Gasteiger partial charge in [0.15, 0.2) is 6.10 Å². The van der Waals surface area contributed by atoms with Crippen LogP contribution < -0.4 is 0 Å². The second kappa shape index (κ2) is 5.27. The van der Waals surface area contributed by atoms with Gasteiger partial charge in [-0.05, 0) is 12.0 Å². The highest BCUT2D eigenvalue weighted by molar-refractivity contribution is 5.81. The van der Waals surface area contributed by atoms with Crippen LogP contribution in [0.5, 0.6) is 0 Å². The van der Waals surface area contributed by atoms with Crippen LogP contribution in [0, 0.1) is 5.92 Å². The van der Waals surface area contributed by atoms with Gasteiger partial charge in [0, 0.05) is 0 Å². The first-order chi connectivity index (χ1) is 7.52. The highest BCUT2D eigenvalue weighted by atomic mass is 16.4. The van der Waals surface area contributed by atoms with Crippen molar-refractivity contribution in [2.45, 2.75) is 12.5 Å². The third-order valence-corrected chi connectivity index (χ3v) is 2.25. The maximum Gasteiger partial charge on any atom is 0.333 e. The molecular weight excluding hydrogens is 212 g/mol. The van der Waals surface area contributed by atoms with Crippen molar-refractivity contribution in [1.29, 1.82) is 0 Å². The van der Waals surface area contributed by atoms with Gasteiger partial charge in [-0.1, -0.05) is 30.3 Å². The number of aliphatic hydroxyl groups excluding tert-OH is 1. The average Bonchev–Trinajstić information content (AvgIpc) is 2.26. The summed E-state index contributed by atoms with van der Waals surface area (Å²) in [7, 11) is 0. The molecule has 1 aromatic rings. The van der Waals surface area contributed by atoms with Crippen LogP contribution in [0.1, 0.15) is 5.56 Å². The molecule has 0 amide bonds. The first-order valence-electron chi connectivity index (χ1n) is 4.70. The number of aliphatic carboxylic acids is 2. The van der Waals surface area contributed by atoms with E-state index in [1.165, 1.54) is 0 Å². The maximum absolute atomic E-state index is 10.8. The monoisotopic (exact) mass is 224 g/mol. The molecule has 0 unspecified atom stereocenters. The fourth-order valence-corrected chi connectivity index (χ4v) is 1.37. The smallest absolute Gasteiger partial charge is 0.333 e. The zero-order valence-corrected chi connectivity index (χ0v) is 8.41. The van der Waals surface area contributed by atoms with Crippen molar-refractivity contribution in [1.82, 2.24) is 0 Å². The standard InChI is InChI=1S/C11H12O5/c12-9(11(15)16)8(10(13)14)6-7-4-2-1-3-5-7/h1-5,8-9,12H,6H2,(H,13,14)(H,15,16)/t8-,9+/m0/s1. The lowest BCUT2D eigenvalue weighted by atomic mass is 9.94. The van der Waals surface area contributed by atoms with Crippen molar-refractivity contribution in [3.8, 4) is 0 Å².